The van der Waals surface area contributed by atoms with Crippen LogP contribution in [0.3, 0.4) is 0 Å². The number of halogens is 3. The molecule has 1 aliphatic heterocycles. The molecule has 2 aromatic rings. The molecule has 0 aliphatic carbocycles. The second-order valence-corrected chi connectivity index (χ2v) is 6.96. The number of rotatable bonds is 6. The molecule has 3 rings (SSSR count). The number of pyridine rings is 1. The quantitative estimate of drug-likeness (QED) is 0.586. The zero-order chi connectivity index (χ0) is 20.9. The summed E-state index contributed by atoms with van der Waals surface area (Å²) in [6.45, 7) is 3.40. The van der Waals surface area contributed by atoms with Crippen molar-refractivity contribution < 1.29 is 17.9 Å². The van der Waals surface area contributed by atoms with Crippen LogP contribution in [0, 0.1) is 0 Å². The zero-order valence-electron chi connectivity index (χ0n) is 16.5. The van der Waals surface area contributed by atoms with Crippen LogP contribution in [0.15, 0.2) is 35.7 Å². The third kappa shape index (κ3) is 6.10. The molecule has 0 saturated carbocycles. The number of aliphatic imine (C=N–C) groups is 1. The molecule has 1 unspecified atom stereocenters. The fraction of sp³-hybridized carbons (Fsp3) is 0.526. The fourth-order valence-corrected chi connectivity index (χ4v) is 3.25. The van der Waals surface area contributed by atoms with E-state index in [-0.39, 0.29) is 5.88 Å². The lowest BCUT2D eigenvalue weighted by molar-refractivity contribution is -0.154. The standard InChI is InChI=1S/C19H25F3N6O/c1-3-23-18(28-7-5-15(12-28)16-10-26-27(2)11-16)25-9-14-4-6-24-17(8-14)29-13-19(20,21)22/h4,6,8,10-11,15H,3,5,7,9,12-13H2,1-2H3,(H,23,25). The van der Waals surface area contributed by atoms with Crippen LogP contribution in [0.1, 0.15) is 30.4 Å². The number of hydrogen-bond acceptors (Lipinski definition) is 4. The summed E-state index contributed by atoms with van der Waals surface area (Å²) in [6, 6.07) is 3.21. The minimum absolute atomic E-state index is 0.0576. The monoisotopic (exact) mass is 410 g/mol. The summed E-state index contributed by atoms with van der Waals surface area (Å²) < 4.78 is 43.5. The van der Waals surface area contributed by atoms with Crippen LogP contribution in [0.4, 0.5) is 13.2 Å². The number of alkyl halides is 3. The number of aromatic nitrogens is 3. The number of nitrogens with one attached hydrogen (secondary N) is 1. The van der Waals surface area contributed by atoms with Gasteiger partial charge in [-0.15, -0.1) is 0 Å². The molecular weight excluding hydrogens is 385 g/mol. The van der Waals surface area contributed by atoms with Crippen LogP contribution >= 0.6 is 0 Å². The number of likely N-dealkylation sites (tertiary alicyclic amines) is 1. The van der Waals surface area contributed by atoms with Crippen molar-refractivity contribution in [2.75, 3.05) is 26.2 Å². The van der Waals surface area contributed by atoms with E-state index in [2.05, 4.69) is 25.3 Å². The first kappa shape index (κ1) is 20.9. The van der Waals surface area contributed by atoms with Gasteiger partial charge in [0.2, 0.25) is 5.88 Å². The van der Waals surface area contributed by atoms with Gasteiger partial charge in [-0.05, 0) is 30.5 Å². The molecule has 3 heterocycles. The summed E-state index contributed by atoms with van der Waals surface area (Å²) in [5.74, 6) is 1.13. The third-order valence-electron chi connectivity index (χ3n) is 4.61. The molecule has 0 radical (unpaired) electrons. The SMILES string of the molecule is CCNC(=NCc1ccnc(OCC(F)(F)F)c1)N1CCC(c2cnn(C)c2)C1. The highest BCUT2D eigenvalue weighted by Gasteiger charge is 2.29. The summed E-state index contributed by atoms with van der Waals surface area (Å²) in [4.78, 5) is 10.7. The molecule has 2 aromatic heterocycles. The molecule has 0 aromatic carbocycles. The maximum atomic E-state index is 12.3. The summed E-state index contributed by atoms with van der Waals surface area (Å²) in [7, 11) is 1.91. The highest BCUT2D eigenvalue weighted by Crippen LogP contribution is 2.26. The molecule has 1 atom stereocenters. The first-order chi connectivity index (χ1) is 13.8. The number of ether oxygens (including phenoxy) is 1. The van der Waals surface area contributed by atoms with Crippen LogP contribution in [0.2, 0.25) is 0 Å². The highest BCUT2D eigenvalue weighted by molar-refractivity contribution is 5.80. The summed E-state index contributed by atoms with van der Waals surface area (Å²) in [5, 5.41) is 7.54. The maximum Gasteiger partial charge on any atom is 0.422 e. The Balaban J connectivity index is 1.64. The lowest BCUT2D eigenvalue weighted by Gasteiger charge is -2.21. The average molecular weight is 410 g/mol. The molecule has 7 nitrogen and oxygen atoms in total. The van der Waals surface area contributed by atoms with Gasteiger partial charge in [-0.2, -0.15) is 18.3 Å². The molecule has 1 saturated heterocycles. The van der Waals surface area contributed by atoms with Gasteiger partial charge in [0.05, 0.1) is 12.7 Å². The van der Waals surface area contributed by atoms with Crippen molar-refractivity contribution in [3.8, 4) is 5.88 Å². The van der Waals surface area contributed by atoms with Gasteiger partial charge in [0, 0.05) is 51.1 Å². The Hall–Kier alpha value is -2.78. The molecule has 158 valence electrons. The fourth-order valence-electron chi connectivity index (χ4n) is 3.25. The van der Waals surface area contributed by atoms with E-state index in [0.29, 0.717) is 12.5 Å². The molecule has 0 amide bonds. The Morgan fingerprint density at radius 3 is 2.93 bits per heavy atom. The van der Waals surface area contributed by atoms with Crippen molar-refractivity contribution in [3.05, 3.63) is 41.9 Å². The van der Waals surface area contributed by atoms with E-state index in [4.69, 9.17) is 4.74 Å². The third-order valence-corrected chi connectivity index (χ3v) is 4.61. The number of nitrogens with zero attached hydrogens (tertiary/aromatic N) is 5. The summed E-state index contributed by atoms with van der Waals surface area (Å²) in [5.41, 5.74) is 1.95. The second kappa shape index (κ2) is 9.15. The van der Waals surface area contributed by atoms with Crippen molar-refractivity contribution in [1.82, 2.24) is 25.0 Å². The average Bonchev–Trinajstić information content (AvgIpc) is 3.32. The van der Waals surface area contributed by atoms with Crippen molar-refractivity contribution >= 4 is 5.96 Å². The van der Waals surface area contributed by atoms with Gasteiger partial charge in [-0.1, -0.05) is 0 Å². The van der Waals surface area contributed by atoms with Gasteiger partial charge in [0.25, 0.3) is 0 Å². The van der Waals surface area contributed by atoms with Crippen LogP contribution in [-0.2, 0) is 13.6 Å². The number of aryl methyl sites for hydroxylation is 1. The van der Waals surface area contributed by atoms with Crippen LogP contribution in [-0.4, -0.2) is 58.0 Å². The van der Waals surface area contributed by atoms with Crippen molar-refractivity contribution in [3.63, 3.8) is 0 Å². The van der Waals surface area contributed by atoms with E-state index in [0.717, 1.165) is 37.6 Å². The van der Waals surface area contributed by atoms with Crippen molar-refractivity contribution in [2.24, 2.45) is 12.0 Å². The summed E-state index contributed by atoms with van der Waals surface area (Å²) in [6.07, 6.45) is 1.99. The van der Waals surface area contributed by atoms with Crippen LogP contribution in [0.25, 0.3) is 0 Å². The minimum Gasteiger partial charge on any atom is -0.468 e. The smallest absolute Gasteiger partial charge is 0.422 e. The predicted octanol–water partition coefficient (Wildman–Crippen LogP) is 2.71. The van der Waals surface area contributed by atoms with Gasteiger partial charge >= 0.3 is 6.18 Å². The lowest BCUT2D eigenvalue weighted by atomic mass is 10.0. The Morgan fingerprint density at radius 2 is 2.24 bits per heavy atom. The number of hydrogen-bond donors (Lipinski definition) is 1. The first-order valence-corrected chi connectivity index (χ1v) is 9.50. The molecule has 10 heteroatoms. The Bertz CT molecular complexity index is 835. The molecule has 0 spiro atoms. The highest BCUT2D eigenvalue weighted by atomic mass is 19.4. The van der Waals surface area contributed by atoms with Crippen LogP contribution < -0.4 is 10.1 Å². The number of guanidine groups is 1. The molecule has 29 heavy (non-hydrogen) atoms. The van der Waals surface area contributed by atoms with Crippen molar-refractivity contribution in [2.45, 2.75) is 32.0 Å². The maximum absolute atomic E-state index is 12.3. The van der Waals surface area contributed by atoms with Gasteiger partial charge in [0.15, 0.2) is 12.6 Å². The zero-order valence-corrected chi connectivity index (χ0v) is 16.5. The topological polar surface area (TPSA) is 67.6 Å². The van der Waals surface area contributed by atoms with E-state index in [1.165, 1.54) is 17.8 Å². The van der Waals surface area contributed by atoms with E-state index in [1.54, 1.807) is 10.7 Å². The van der Waals surface area contributed by atoms with E-state index < -0.39 is 12.8 Å². The second-order valence-electron chi connectivity index (χ2n) is 6.96. The van der Waals surface area contributed by atoms with Gasteiger partial charge in [-0.3, -0.25) is 4.68 Å². The Labute approximate surface area is 167 Å². The molecule has 1 fully saturated rings. The van der Waals surface area contributed by atoms with Gasteiger partial charge in [-0.25, -0.2) is 9.98 Å². The lowest BCUT2D eigenvalue weighted by Crippen LogP contribution is -2.40. The molecule has 1 aliphatic rings. The Kier molecular flexibility index (Phi) is 6.60. The molecule has 0 bridgehead atoms. The van der Waals surface area contributed by atoms with E-state index in [1.807, 2.05) is 26.4 Å². The first-order valence-electron chi connectivity index (χ1n) is 9.50. The predicted molar refractivity (Wildman–Crippen MR) is 103 cm³/mol. The van der Waals surface area contributed by atoms with E-state index >= 15 is 0 Å². The Morgan fingerprint density at radius 1 is 1.41 bits per heavy atom. The van der Waals surface area contributed by atoms with E-state index in [9.17, 15) is 13.2 Å². The van der Waals surface area contributed by atoms with Gasteiger partial charge < -0.3 is 15.0 Å². The molecular formula is C19H25F3N6O. The van der Waals surface area contributed by atoms with Crippen LogP contribution in [0.5, 0.6) is 5.88 Å². The van der Waals surface area contributed by atoms with Crippen molar-refractivity contribution in [1.29, 1.82) is 0 Å². The van der Waals surface area contributed by atoms with Gasteiger partial charge in [0.1, 0.15) is 0 Å². The largest absolute Gasteiger partial charge is 0.468 e. The molecule has 1 N–H and O–H groups in total. The normalized spacial score (nSPS) is 17.6. The minimum atomic E-state index is -4.39. The summed E-state index contributed by atoms with van der Waals surface area (Å²) >= 11 is 0.